The van der Waals surface area contributed by atoms with Crippen LogP contribution in [-0.2, 0) is 11.3 Å². The Balaban J connectivity index is 1.66. The molecule has 2 aromatic rings. The van der Waals surface area contributed by atoms with E-state index in [1.807, 2.05) is 13.8 Å². The molecular weight excluding hydrogens is 348 g/mol. The molecule has 0 spiro atoms. The minimum Gasteiger partial charge on any atom is -0.395 e. The number of nitrogens with one attached hydrogen (secondary N) is 1. The summed E-state index contributed by atoms with van der Waals surface area (Å²) in [4.78, 5) is 25.3. The lowest BCUT2D eigenvalue weighted by Gasteiger charge is -2.41. The van der Waals surface area contributed by atoms with Gasteiger partial charge in [0.2, 0.25) is 5.91 Å². The molecule has 2 saturated carbocycles. The van der Waals surface area contributed by atoms with Crippen molar-refractivity contribution in [3.05, 3.63) is 21.9 Å². The number of amides is 1. The quantitative estimate of drug-likeness (QED) is 0.699. The molecule has 146 valence electrons. The van der Waals surface area contributed by atoms with Crippen LogP contribution in [0.25, 0.3) is 5.52 Å². The standard InChI is InChI=1S/C18H26N6O3/c1-9(2)16-22-23(8-12(25)20-11-6-18(3,27)7-11)17(26)15-13(19)14(10-4-5-10)21-24(15)16/h9-11,27H,4-8,19H2,1-3H3,(H,20,25)/t11-,18+. The third-order valence-corrected chi connectivity index (χ3v) is 5.34. The van der Waals surface area contributed by atoms with E-state index in [9.17, 15) is 14.7 Å². The molecule has 2 aromatic heterocycles. The van der Waals surface area contributed by atoms with Gasteiger partial charge < -0.3 is 16.2 Å². The van der Waals surface area contributed by atoms with Gasteiger partial charge in [0.15, 0.2) is 11.3 Å². The topological polar surface area (TPSA) is 128 Å². The summed E-state index contributed by atoms with van der Waals surface area (Å²) in [7, 11) is 0. The molecule has 27 heavy (non-hydrogen) atoms. The Kier molecular flexibility index (Phi) is 4.03. The molecule has 2 aliphatic carbocycles. The van der Waals surface area contributed by atoms with Gasteiger partial charge in [-0.05, 0) is 32.6 Å². The van der Waals surface area contributed by atoms with E-state index in [0.717, 1.165) is 18.5 Å². The van der Waals surface area contributed by atoms with Crippen molar-refractivity contribution in [3.8, 4) is 0 Å². The zero-order valence-corrected chi connectivity index (χ0v) is 15.9. The molecule has 2 aliphatic rings. The van der Waals surface area contributed by atoms with Crippen molar-refractivity contribution < 1.29 is 9.90 Å². The average Bonchev–Trinajstić information content (AvgIpc) is 3.32. The first-order valence-electron chi connectivity index (χ1n) is 9.47. The van der Waals surface area contributed by atoms with Crippen molar-refractivity contribution >= 4 is 17.1 Å². The molecule has 0 atom stereocenters. The van der Waals surface area contributed by atoms with Gasteiger partial charge in [-0.1, -0.05) is 13.8 Å². The Hall–Kier alpha value is -2.42. The molecule has 0 radical (unpaired) electrons. The monoisotopic (exact) mass is 374 g/mol. The smallest absolute Gasteiger partial charge is 0.295 e. The summed E-state index contributed by atoms with van der Waals surface area (Å²) in [6.45, 7) is 5.48. The fourth-order valence-electron chi connectivity index (χ4n) is 3.79. The molecule has 1 amide bonds. The largest absolute Gasteiger partial charge is 0.395 e. The summed E-state index contributed by atoms with van der Waals surface area (Å²) in [5.41, 5.74) is 6.57. The summed E-state index contributed by atoms with van der Waals surface area (Å²) >= 11 is 0. The maximum Gasteiger partial charge on any atom is 0.295 e. The summed E-state index contributed by atoms with van der Waals surface area (Å²) < 4.78 is 2.72. The molecule has 0 bridgehead atoms. The number of nitrogens with zero attached hydrogens (tertiary/aromatic N) is 4. The highest BCUT2D eigenvalue weighted by Gasteiger charge is 2.39. The number of fused-ring (bicyclic) bond motifs is 1. The molecule has 0 aromatic carbocycles. The van der Waals surface area contributed by atoms with Gasteiger partial charge in [0.25, 0.3) is 5.56 Å². The highest BCUT2D eigenvalue weighted by molar-refractivity contribution is 5.77. The Bertz CT molecular complexity index is 962. The second-order valence-corrected chi connectivity index (χ2v) is 8.48. The summed E-state index contributed by atoms with van der Waals surface area (Å²) in [6, 6.07) is -0.0713. The second kappa shape index (κ2) is 6.05. The maximum atomic E-state index is 12.9. The predicted molar refractivity (Wildman–Crippen MR) is 99.5 cm³/mol. The van der Waals surface area contributed by atoms with Crippen LogP contribution in [0.2, 0.25) is 0 Å². The van der Waals surface area contributed by atoms with E-state index >= 15 is 0 Å². The van der Waals surface area contributed by atoms with Gasteiger partial charge in [-0.15, -0.1) is 0 Å². The minimum absolute atomic E-state index is 0.00972. The van der Waals surface area contributed by atoms with Crippen LogP contribution < -0.4 is 16.6 Å². The van der Waals surface area contributed by atoms with Gasteiger partial charge in [-0.25, -0.2) is 9.20 Å². The highest BCUT2D eigenvalue weighted by Crippen LogP contribution is 2.42. The lowest BCUT2D eigenvalue weighted by Crippen LogP contribution is -2.54. The van der Waals surface area contributed by atoms with Gasteiger partial charge in [0.05, 0.1) is 17.0 Å². The third kappa shape index (κ3) is 3.20. The van der Waals surface area contributed by atoms with E-state index in [4.69, 9.17) is 5.73 Å². The van der Waals surface area contributed by atoms with Crippen LogP contribution in [0.4, 0.5) is 5.69 Å². The second-order valence-electron chi connectivity index (χ2n) is 8.48. The summed E-state index contributed by atoms with van der Waals surface area (Å²) in [6.07, 6.45) is 3.08. The number of nitrogen functional groups attached to an aromatic ring is 1. The Morgan fingerprint density at radius 1 is 1.37 bits per heavy atom. The molecule has 4 rings (SSSR count). The summed E-state index contributed by atoms with van der Waals surface area (Å²) in [5, 5.41) is 21.6. The number of nitrogens with two attached hydrogens (primary N) is 1. The van der Waals surface area contributed by atoms with E-state index in [1.54, 1.807) is 11.4 Å². The van der Waals surface area contributed by atoms with E-state index < -0.39 is 11.2 Å². The van der Waals surface area contributed by atoms with Crippen LogP contribution in [-0.4, -0.2) is 42.1 Å². The number of anilines is 1. The van der Waals surface area contributed by atoms with Gasteiger partial charge in [-0.3, -0.25) is 9.59 Å². The van der Waals surface area contributed by atoms with Gasteiger partial charge in [0, 0.05) is 17.9 Å². The number of carbonyl (C=O) groups excluding carboxylic acids is 1. The number of carbonyl (C=O) groups is 1. The van der Waals surface area contributed by atoms with E-state index in [0.29, 0.717) is 35.8 Å². The first kappa shape index (κ1) is 18.0. The lowest BCUT2D eigenvalue weighted by atomic mass is 9.77. The lowest BCUT2D eigenvalue weighted by molar-refractivity contribution is -0.125. The molecule has 0 saturated heterocycles. The van der Waals surface area contributed by atoms with Crippen LogP contribution >= 0.6 is 0 Å². The normalized spacial score (nSPS) is 25.0. The van der Waals surface area contributed by atoms with Crippen molar-refractivity contribution in [2.24, 2.45) is 0 Å². The van der Waals surface area contributed by atoms with Gasteiger partial charge >= 0.3 is 0 Å². The number of aliphatic hydroxyl groups is 1. The number of aromatic nitrogens is 4. The van der Waals surface area contributed by atoms with Crippen LogP contribution in [0.1, 0.15) is 69.8 Å². The van der Waals surface area contributed by atoms with Crippen molar-refractivity contribution in [2.45, 2.75) is 76.5 Å². The van der Waals surface area contributed by atoms with E-state index in [2.05, 4.69) is 15.5 Å². The van der Waals surface area contributed by atoms with E-state index in [-0.39, 0.29) is 24.4 Å². The zero-order chi connectivity index (χ0) is 19.5. The number of rotatable bonds is 5. The van der Waals surface area contributed by atoms with Crippen molar-refractivity contribution in [1.29, 1.82) is 0 Å². The van der Waals surface area contributed by atoms with Gasteiger partial charge in [0.1, 0.15) is 6.54 Å². The summed E-state index contributed by atoms with van der Waals surface area (Å²) in [5.74, 6) is 0.621. The number of hydrogen-bond donors (Lipinski definition) is 3. The van der Waals surface area contributed by atoms with Gasteiger partial charge in [-0.2, -0.15) is 10.2 Å². The molecule has 9 heteroatoms. The number of hydrogen-bond acceptors (Lipinski definition) is 6. The molecule has 2 fully saturated rings. The first-order valence-corrected chi connectivity index (χ1v) is 9.47. The Morgan fingerprint density at radius 3 is 2.59 bits per heavy atom. The fourth-order valence-corrected chi connectivity index (χ4v) is 3.79. The highest BCUT2D eigenvalue weighted by atomic mass is 16.3. The minimum atomic E-state index is -0.720. The third-order valence-electron chi connectivity index (χ3n) is 5.34. The molecule has 0 aliphatic heterocycles. The Labute approximate surface area is 156 Å². The van der Waals surface area contributed by atoms with E-state index in [1.165, 1.54) is 4.68 Å². The fraction of sp³-hybridized carbons (Fsp3) is 0.667. The first-order chi connectivity index (χ1) is 12.7. The van der Waals surface area contributed by atoms with Crippen LogP contribution in [0.5, 0.6) is 0 Å². The van der Waals surface area contributed by atoms with Crippen molar-refractivity contribution in [1.82, 2.24) is 24.7 Å². The Morgan fingerprint density at radius 2 is 2.04 bits per heavy atom. The zero-order valence-electron chi connectivity index (χ0n) is 15.9. The van der Waals surface area contributed by atoms with Crippen LogP contribution in [0.3, 0.4) is 0 Å². The average molecular weight is 374 g/mol. The van der Waals surface area contributed by atoms with Crippen molar-refractivity contribution in [2.75, 3.05) is 5.73 Å². The molecule has 9 nitrogen and oxygen atoms in total. The molecule has 0 unspecified atom stereocenters. The van der Waals surface area contributed by atoms with Crippen LogP contribution in [0, 0.1) is 0 Å². The maximum absolute atomic E-state index is 12.9. The van der Waals surface area contributed by atoms with Crippen molar-refractivity contribution in [3.63, 3.8) is 0 Å². The molecule has 2 heterocycles. The molecular formula is C18H26N6O3. The molecule has 4 N–H and O–H groups in total. The SMILES string of the molecule is CC(C)c1nn(CC(=O)N[C@H]2C[C@@](C)(O)C2)c(=O)c2c(N)c(C3CC3)nn12. The van der Waals surface area contributed by atoms with Crippen LogP contribution in [0.15, 0.2) is 4.79 Å². The predicted octanol–water partition coefficient (Wildman–Crippen LogP) is 0.504.